The number of aromatic nitrogens is 1. The van der Waals surface area contributed by atoms with Crippen LogP contribution < -0.4 is 11.1 Å². The van der Waals surface area contributed by atoms with Gasteiger partial charge in [0.25, 0.3) is 5.91 Å². The van der Waals surface area contributed by atoms with Crippen LogP contribution in [0.4, 0.5) is 4.39 Å². The quantitative estimate of drug-likeness (QED) is 0.416. The maximum absolute atomic E-state index is 14.2. The first-order valence-electron chi connectivity index (χ1n) is 10.0. The molecule has 0 spiro atoms. The second kappa shape index (κ2) is 8.49. The summed E-state index contributed by atoms with van der Waals surface area (Å²) in [4.78, 5) is 37.8. The van der Waals surface area contributed by atoms with E-state index in [9.17, 15) is 29.0 Å². The second-order valence-electron chi connectivity index (χ2n) is 8.39. The van der Waals surface area contributed by atoms with E-state index in [1.54, 1.807) is 24.3 Å². The van der Waals surface area contributed by atoms with Crippen LogP contribution in [0.3, 0.4) is 0 Å². The summed E-state index contributed by atoms with van der Waals surface area (Å²) in [5.74, 6) is -2.99. The SMILES string of the molecule is O=C(NC1(Cc2ccc(-c3cc(Cl)ccc3F)cc2)CC(CO)(C(=O)O)C1)c1coc(=O)[nH]1. The molecule has 33 heavy (non-hydrogen) atoms. The third-order valence-corrected chi connectivity index (χ3v) is 6.22. The van der Waals surface area contributed by atoms with Gasteiger partial charge in [0, 0.05) is 16.1 Å². The molecule has 1 saturated carbocycles. The standard InChI is InChI=1S/C23H20ClFN2O6/c24-15-5-6-17(25)16(7-15)14-3-1-13(2-4-14)8-23(10-22(11-23,12-28)20(30)31)27-19(29)18-9-33-21(32)26-18/h1-7,9,28H,8,10-12H2,(H,26,32)(H,27,29)(H,30,31). The van der Waals surface area contributed by atoms with Crippen molar-refractivity contribution in [3.8, 4) is 11.1 Å². The van der Waals surface area contributed by atoms with E-state index in [-0.39, 0.29) is 25.0 Å². The van der Waals surface area contributed by atoms with E-state index in [0.29, 0.717) is 16.1 Å². The van der Waals surface area contributed by atoms with Crippen molar-refractivity contribution >= 4 is 23.5 Å². The third-order valence-electron chi connectivity index (χ3n) is 5.99. The Morgan fingerprint density at radius 1 is 1.18 bits per heavy atom. The fraction of sp³-hybridized carbons (Fsp3) is 0.261. The number of oxazole rings is 1. The molecule has 0 atom stereocenters. The largest absolute Gasteiger partial charge is 0.481 e. The number of amides is 1. The molecule has 10 heteroatoms. The molecule has 1 heterocycles. The molecule has 1 aliphatic carbocycles. The second-order valence-corrected chi connectivity index (χ2v) is 8.83. The van der Waals surface area contributed by atoms with Gasteiger partial charge in [-0.15, -0.1) is 0 Å². The molecule has 8 nitrogen and oxygen atoms in total. The molecule has 1 aliphatic rings. The van der Waals surface area contributed by atoms with Crippen LogP contribution in [0.1, 0.15) is 28.9 Å². The number of carbonyl (C=O) groups is 2. The van der Waals surface area contributed by atoms with Crippen LogP contribution in [-0.2, 0) is 11.2 Å². The molecule has 0 unspecified atom stereocenters. The lowest BCUT2D eigenvalue weighted by Crippen LogP contribution is -2.66. The van der Waals surface area contributed by atoms with Crippen molar-refractivity contribution in [2.45, 2.75) is 24.8 Å². The summed E-state index contributed by atoms with van der Waals surface area (Å²) in [6.07, 6.45) is 1.22. The fourth-order valence-corrected chi connectivity index (χ4v) is 4.62. The summed E-state index contributed by atoms with van der Waals surface area (Å²) in [5, 5.41) is 22.4. The molecule has 2 aromatic carbocycles. The monoisotopic (exact) mass is 474 g/mol. The van der Waals surface area contributed by atoms with E-state index < -0.39 is 41.0 Å². The highest BCUT2D eigenvalue weighted by Gasteiger charge is 2.59. The minimum Gasteiger partial charge on any atom is -0.481 e. The Morgan fingerprint density at radius 2 is 1.88 bits per heavy atom. The average molecular weight is 475 g/mol. The Kier molecular flexibility index (Phi) is 5.85. The number of nitrogens with one attached hydrogen (secondary N) is 2. The van der Waals surface area contributed by atoms with Gasteiger partial charge < -0.3 is 19.9 Å². The highest BCUT2D eigenvalue weighted by Crippen LogP contribution is 2.50. The van der Waals surface area contributed by atoms with Gasteiger partial charge in [-0.3, -0.25) is 14.6 Å². The van der Waals surface area contributed by atoms with Crippen LogP contribution >= 0.6 is 11.6 Å². The summed E-state index contributed by atoms with van der Waals surface area (Å²) >= 11 is 5.97. The predicted molar refractivity (Wildman–Crippen MR) is 116 cm³/mol. The summed E-state index contributed by atoms with van der Waals surface area (Å²) in [6, 6.07) is 11.2. The van der Waals surface area contributed by atoms with Gasteiger partial charge in [-0.1, -0.05) is 35.9 Å². The van der Waals surface area contributed by atoms with E-state index in [0.717, 1.165) is 11.8 Å². The van der Waals surface area contributed by atoms with Crippen LogP contribution in [0.5, 0.6) is 0 Å². The number of carboxylic acids is 1. The smallest absolute Gasteiger partial charge is 0.416 e. The lowest BCUT2D eigenvalue weighted by molar-refractivity contribution is -0.165. The summed E-state index contributed by atoms with van der Waals surface area (Å²) in [7, 11) is 0. The van der Waals surface area contributed by atoms with Crippen molar-refractivity contribution in [3.63, 3.8) is 0 Å². The zero-order valence-corrected chi connectivity index (χ0v) is 18.0. The molecule has 0 radical (unpaired) electrons. The van der Waals surface area contributed by atoms with Crippen molar-refractivity contribution in [2.75, 3.05) is 6.61 Å². The Labute approximate surface area is 192 Å². The van der Waals surface area contributed by atoms with E-state index >= 15 is 0 Å². The van der Waals surface area contributed by atoms with E-state index in [2.05, 4.69) is 14.7 Å². The van der Waals surface area contributed by atoms with Gasteiger partial charge in [-0.2, -0.15) is 0 Å². The highest BCUT2D eigenvalue weighted by atomic mass is 35.5. The number of benzene rings is 2. The van der Waals surface area contributed by atoms with Crippen LogP contribution in [0.25, 0.3) is 11.1 Å². The van der Waals surface area contributed by atoms with Crippen molar-refractivity contribution in [1.29, 1.82) is 0 Å². The van der Waals surface area contributed by atoms with Crippen LogP contribution in [-0.4, -0.2) is 39.2 Å². The number of carboxylic acid groups (broad SMARTS) is 1. The minimum absolute atomic E-state index is 0.00959. The Morgan fingerprint density at radius 3 is 2.45 bits per heavy atom. The molecule has 0 aliphatic heterocycles. The van der Waals surface area contributed by atoms with E-state index in [1.165, 1.54) is 18.2 Å². The van der Waals surface area contributed by atoms with Crippen molar-refractivity contribution < 1.29 is 28.6 Å². The summed E-state index contributed by atoms with van der Waals surface area (Å²) < 4.78 is 18.8. The number of hydrogen-bond donors (Lipinski definition) is 4. The maximum Gasteiger partial charge on any atom is 0.416 e. The van der Waals surface area contributed by atoms with Crippen LogP contribution in [0, 0.1) is 11.2 Å². The normalized spacial score (nSPS) is 21.9. The number of hydrogen-bond acceptors (Lipinski definition) is 5. The molecule has 172 valence electrons. The lowest BCUT2D eigenvalue weighted by Gasteiger charge is -2.53. The van der Waals surface area contributed by atoms with Gasteiger partial charge in [0.2, 0.25) is 0 Å². The van der Waals surface area contributed by atoms with Gasteiger partial charge in [-0.05, 0) is 48.6 Å². The van der Waals surface area contributed by atoms with Gasteiger partial charge in [0.15, 0.2) is 0 Å². The number of aliphatic hydroxyl groups is 1. The zero-order valence-electron chi connectivity index (χ0n) is 17.2. The van der Waals surface area contributed by atoms with Gasteiger partial charge in [0.05, 0.1) is 12.0 Å². The number of H-pyrrole nitrogens is 1. The number of aliphatic hydroxyl groups excluding tert-OH is 1. The molecule has 1 amide bonds. The van der Waals surface area contributed by atoms with Crippen LogP contribution in [0.15, 0.2) is 57.9 Å². The maximum atomic E-state index is 14.2. The lowest BCUT2D eigenvalue weighted by atomic mass is 9.55. The highest BCUT2D eigenvalue weighted by molar-refractivity contribution is 6.30. The van der Waals surface area contributed by atoms with Crippen LogP contribution in [0.2, 0.25) is 5.02 Å². The third kappa shape index (κ3) is 4.42. The fourth-order valence-electron chi connectivity index (χ4n) is 4.44. The number of halogens is 2. The molecule has 0 bridgehead atoms. The van der Waals surface area contributed by atoms with Gasteiger partial charge >= 0.3 is 11.7 Å². The molecule has 4 N–H and O–H groups in total. The van der Waals surface area contributed by atoms with Gasteiger partial charge in [0.1, 0.15) is 17.8 Å². The molecule has 4 rings (SSSR count). The first kappa shape index (κ1) is 22.8. The Hall–Kier alpha value is -3.43. The Bertz CT molecular complexity index is 1260. The van der Waals surface area contributed by atoms with Crippen molar-refractivity contribution in [1.82, 2.24) is 10.3 Å². The number of carbonyl (C=O) groups excluding carboxylic acids is 1. The summed E-state index contributed by atoms with van der Waals surface area (Å²) in [5.41, 5.74) is -0.732. The van der Waals surface area contributed by atoms with Gasteiger partial charge in [-0.25, -0.2) is 9.18 Å². The number of aromatic amines is 1. The number of rotatable bonds is 7. The molecule has 1 fully saturated rings. The number of aliphatic carboxylic acids is 1. The zero-order chi connectivity index (χ0) is 23.8. The van der Waals surface area contributed by atoms with E-state index in [4.69, 9.17) is 11.6 Å². The molecular weight excluding hydrogens is 455 g/mol. The topological polar surface area (TPSA) is 133 Å². The molecule has 1 aromatic heterocycles. The Balaban J connectivity index is 1.59. The predicted octanol–water partition coefficient (Wildman–Crippen LogP) is 3.00. The summed E-state index contributed by atoms with van der Waals surface area (Å²) in [6.45, 7) is -0.574. The minimum atomic E-state index is -1.37. The average Bonchev–Trinajstić information content (AvgIpc) is 3.20. The molecular formula is C23H20ClFN2O6. The first-order chi connectivity index (χ1) is 15.7. The van der Waals surface area contributed by atoms with Crippen molar-refractivity contribution in [3.05, 3.63) is 81.4 Å². The van der Waals surface area contributed by atoms with Crippen molar-refractivity contribution in [2.24, 2.45) is 5.41 Å². The molecule has 0 saturated heterocycles. The first-order valence-corrected chi connectivity index (χ1v) is 10.4. The molecule has 3 aromatic rings. The van der Waals surface area contributed by atoms with E-state index in [1.807, 2.05) is 0 Å².